The molecule has 1 saturated heterocycles. The minimum Gasteiger partial charge on any atom is -0.376 e. The molecule has 5 N–H and O–H groups in total. The molecule has 11 heteroatoms. The standard InChI is InChI=1S/C23H29ClFN5O4/c24-17-10-15(25)7-8-18(17)30-20(31)13-3-5-14(6-4-13)23(22(26)33)19(28-12-29-23)21(32)27-11-16-2-1-9-34-16/h7-8,10,13-14,16,29H,1-6,9,11-12H2,(H2,26,33)(H,27,32)(H,30,31). The number of rotatable bonds is 7. The van der Waals surface area contributed by atoms with Crippen molar-refractivity contribution < 1.29 is 23.5 Å². The number of amides is 3. The molecule has 2 fully saturated rings. The van der Waals surface area contributed by atoms with Crippen LogP contribution in [0.5, 0.6) is 0 Å². The molecular weight excluding hydrogens is 465 g/mol. The number of aliphatic imine (C=N–C) groups is 1. The van der Waals surface area contributed by atoms with Gasteiger partial charge in [-0.05, 0) is 62.6 Å². The highest BCUT2D eigenvalue weighted by Gasteiger charge is 2.54. The molecule has 184 valence electrons. The van der Waals surface area contributed by atoms with Crippen LogP contribution in [0.2, 0.25) is 5.02 Å². The van der Waals surface area contributed by atoms with Crippen LogP contribution in [-0.2, 0) is 19.1 Å². The smallest absolute Gasteiger partial charge is 0.267 e. The molecule has 1 aliphatic carbocycles. The van der Waals surface area contributed by atoms with Crippen molar-refractivity contribution in [1.82, 2.24) is 10.6 Å². The normalized spacial score (nSPS) is 28.9. The first kappa shape index (κ1) is 24.6. The second-order valence-electron chi connectivity index (χ2n) is 9.02. The third kappa shape index (κ3) is 4.94. The first-order chi connectivity index (χ1) is 16.3. The van der Waals surface area contributed by atoms with Crippen LogP contribution < -0.4 is 21.7 Å². The summed E-state index contributed by atoms with van der Waals surface area (Å²) in [5.41, 5.74) is 4.90. The van der Waals surface area contributed by atoms with Crippen molar-refractivity contribution in [2.45, 2.75) is 50.2 Å². The average Bonchev–Trinajstić information content (AvgIpc) is 3.50. The molecule has 1 aromatic rings. The zero-order valence-electron chi connectivity index (χ0n) is 18.7. The topological polar surface area (TPSA) is 135 Å². The van der Waals surface area contributed by atoms with Crippen LogP contribution in [0.1, 0.15) is 38.5 Å². The van der Waals surface area contributed by atoms with Crippen molar-refractivity contribution >= 4 is 40.7 Å². The van der Waals surface area contributed by atoms with E-state index in [2.05, 4.69) is 20.9 Å². The van der Waals surface area contributed by atoms with E-state index in [-0.39, 0.29) is 41.2 Å². The number of carbonyl (C=O) groups is 3. The van der Waals surface area contributed by atoms with Crippen molar-refractivity contribution in [2.24, 2.45) is 22.6 Å². The minimum atomic E-state index is -1.37. The molecule has 0 bridgehead atoms. The number of halogens is 2. The fourth-order valence-corrected chi connectivity index (χ4v) is 5.37. The number of benzene rings is 1. The van der Waals surface area contributed by atoms with Crippen LogP contribution in [-0.4, -0.2) is 54.9 Å². The fourth-order valence-electron chi connectivity index (χ4n) is 5.16. The van der Waals surface area contributed by atoms with Crippen LogP contribution >= 0.6 is 11.6 Å². The number of nitrogens with two attached hydrogens (primary N) is 1. The van der Waals surface area contributed by atoms with Gasteiger partial charge < -0.3 is 21.1 Å². The largest absolute Gasteiger partial charge is 0.376 e. The van der Waals surface area contributed by atoms with Gasteiger partial charge in [-0.15, -0.1) is 0 Å². The number of hydrogen-bond acceptors (Lipinski definition) is 6. The predicted molar refractivity (Wildman–Crippen MR) is 125 cm³/mol. The van der Waals surface area contributed by atoms with Gasteiger partial charge in [0.25, 0.3) is 5.91 Å². The maximum atomic E-state index is 13.3. The monoisotopic (exact) mass is 493 g/mol. The molecular formula is C23H29ClFN5O4. The van der Waals surface area contributed by atoms with Gasteiger partial charge in [0, 0.05) is 19.1 Å². The Balaban J connectivity index is 1.39. The zero-order chi connectivity index (χ0) is 24.3. The minimum absolute atomic E-state index is 0.0366. The summed E-state index contributed by atoms with van der Waals surface area (Å²) in [5, 5.41) is 8.78. The van der Waals surface area contributed by atoms with E-state index in [4.69, 9.17) is 22.1 Å². The van der Waals surface area contributed by atoms with E-state index in [0.29, 0.717) is 44.5 Å². The lowest BCUT2D eigenvalue weighted by Crippen LogP contribution is -2.66. The van der Waals surface area contributed by atoms with Gasteiger partial charge in [0.05, 0.1) is 23.5 Å². The molecule has 1 aromatic carbocycles. The summed E-state index contributed by atoms with van der Waals surface area (Å²) < 4.78 is 18.8. The van der Waals surface area contributed by atoms with Gasteiger partial charge >= 0.3 is 0 Å². The Bertz CT molecular complexity index is 992. The fraction of sp³-hybridized carbons (Fsp3) is 0.565. The van der Waals surface area contributed by atoms with Gasteiger partial charge in [-0.3, -0.25) is 24.7 Å². The summed E-state index contributed by atoms with van der Waals surface area (Å²) in [7, 11) is 0. The summed E-state index contributed by atoms with van der Waals surface area (Å²) in [6.45, 7) is 1.15. The van der Waals surface area contributed by atoms with Gasteiger partial charge in [0.2, 0.25) is 11.8 Å². The molecule has 3 amide bonds. The second-order valence-corrected chi connectivity index (χ2v) is 9.43. The molecule has 2 atom stereocenters. The Kier molecular flexibility index (Phi) is 7.49. The SMILES string of the molecule is NC(=O)C1(C2CCC(C(=O)Nc3ccc(F)cc3Cl)CC2)NCN=C1C(=O)NCC1CCCO1. The molecule has 9 nitrogen and oxygen atoms in total. The number of primary amides is 1. The maximum absolute atomic E-state index is 13.3. The summed E-state index contributed by atoms with van der Waals surface area (Å²) in [5.74, 6) is -2.37. The Morgan fingerprint density at radius 3 is 2.65 bits per heavy atom. The Morgan fingerprint density at radius 1 is 1.24 bits per heavy atom. The average molecular weight is 494 g/mol. The summed E-state index contributed by atoms with van der Waals surface area (Å²) in [4.78, 5) is 42.7. The summed E-state index contributed by atoms with van der Waals surface area (Å²) >= 11 is 6.01. The maximum Gasteiger partial charge on any atom is 0.267 e. The molecule has 34 heavy (non-hydrogen) atoms. The zero-order valence-corrected chi connectivity index (χ0v) is 19.5. The number of nitrogens with zero attached hydrogens (tertiary/aromatic N) is 1. The third-order valence-electron chi connectivity index (χ3n) is 6.99. The first-order valence-corrected chi connectivity index (χ1v) is 11.9. The van der Waals surface area contributed by atoms with Crippen molar-refractivity contribution in [3.05, 3.63) is 29.0 Å². The highest BCUT2D eigenvalue weighted by atomic mass is 35.5. The van der Waals surface area contributed by atoms with Crippen LogP contribution in [0.25, 0.3) is 0 Å². The van der Waals surface area contributed by atoms with Crippen molar-refractivity contribution in [2.75, 3.05) is 25.1 Å². The highest BCUT2D eigenvalue weighted by molar-refractivity contribution is 6.47. The lowest BCUT2D eigenvalue weighted by molar-refractivity contribution is -0.126. The molecule has 0 aromatic heterocycles. The number of hydrogen-bond donors (Lipinski definition) is 4. The number of anilines is 1. The van der Waals surface area contributed by atoms with E-state index in [9.17, 15) is 18.8 Å². The molecule has 0 spiro atoms. The summed E-state index contributed by atoms with van der Waals surface area (Å²) in [6, 6.07) is 3.79. The van der Waals surface area contributed by atoms with E-state index < -0.39 is 23.2 Å². The van der Waals surface area contributed by atoms with Crippen LogP contribution in [0.4, 0.5) is 10.1 Å². The molecule has 1 saturated carbocycles. The Labute approximate surface area is 202 Å². The van der Waals surface area contributed by atoms with Crippen LogP contribution in [0, 0.1) is 17.7 Å². The van der Waals surface area contributed by atoms with Gasteiger partial charge in [-0.2, -0.15) is 0 Å². The van der Waals surface area contributed by atoms with Crippen molar-refractivity contribution in [1.29, 1.82) is 0 Å². The number of ether oxygens (including phenoxy) is 1. The Morgan fingerprint density at radius 2 is 2.00 bits per heavy atom. The van der Waals surface area contributed by atoms with Crippen molar-refractivity contribution in [3.63, 3.8) is 0 Å². The van der Waals surface area contributed by atoms with Crippen LogP contribution in [0.3, 0.4) is 0 Å². The lowest BCUT2D eigenvalue weighted by atomic mass is 9.69. The van der Waals surface area contributed by atoms with E-state index >= 15 is 0 Å². The molecule has 2 aliphatic heterocycles. The highest BCUT2D eigenvalue weighted by Crippen LogP contribution is 2.38. The van der Waals surface area contributed by atoms with E-state index in [1.807, 2.05) is 0 Å². The van der Waals surface area contributed by atoms with E-state index in [1.165, 1.54) is 12.1 Å². The van der Waals surface area contributed by atoms with E-state index in [0.717, 1.165) is 18.9 Å². The van der Waals surface area contributed by atoms with Gasteiger partial charge in [0.15, 0.2) is 0 Å². The molecule has 3 aliphatic rings. The quantitative estimate of drug-likeness (QED) is 0.459. The number of nitrogens with one attached hydrogen (secondary N) is 3. The molecule has 4 rings (SSSR count). The van der Waals surface area contributed by atoms with Gasteiger partial charge in [0.1, 0.15) is 17.1 Å². The van der Waals surface area contributed by atoms with E-state index in [1.54, 1.807) is 0 Å². The first-order valence-electron chi connectivity index (χ1n) is 11.6. The predicted octanol–water partition coefficient (Wildman–Crippen LogP) is 1.74. The van der Waals surface area contributed by atoms with Crippen molar-refractivity contribution in [3.8, 4) is 0 Å². The molecule has 2 unspecified atom stereocenters. The summed E-state index contributed by atoms with van der Waals surface area (Å²) in [6.07, 6.45) is 3.80. The number of carbonyl (C=O) groups excluding carboxylic acids is 3. The van der Waals surface area contributed by atoms with Gasteiger partial charge in [-0.1, -0.05) is 11.6 Å². The Hall–Kier alpha value is -2.56. The van der Waals surface area contributed by atoms with Gasteiger partial charge in [-0.25, -0.2) is 4.39 Å². The second kappa shape index (κ2) is 10.4. The molecule has 2 heterocycles. The third-order valence-corrected chi connectivity index (χ3v) is 7.30. The van der Waals surface area contributed by atoms with Crippen LogP contribution in [0.15, 0.2) is 23.2 Å². The molecule has 0 radical (unpaired) electrons. The lowest BCUT2D eigenvalue weighted by Gasteiger charge is -2.39.